The number of rotatable bonds is 3. The largest absolute Gasteiger partial charge is 0.482 e. The molecule has 0 radical (unpaired) electrons. The van der Waals surface area contributed by atoms with Crippen LogP contribution in [0.3, 0.4) is 0 Å². The van der Waals surface area contributed by atoms with Crippen molar-refractivity contribution in [2.24, 2.45) is 0 Å². The summed E-state index contributed by atoms with van der Waals surface area (Å²) in [4.78, 5) is 42.6. The van der Waals surface area contributed by atoms with Gasteiger partial charge in [-0.3, -0.25) is 14.4 Å². The average Bonchev–Trinajstić information content (AvgIpc) is 2.65. The smallest absolute Gasteiger partial charge is 0.287 e. The first-order valence-electron chi connectivity index (χ1n) is 8.03. The van der Waals surface area contributed by atoms with Crippen LogP contribution in [0.1, 0.15) is 16.2 Å². The lowest BCUT2D eigenvalue weighted by Gasteiger charge is -2.18. The molecule has 136 valence electrons. The first-order valence-corrected chi connectivity index (χ1v) is 8.82. The van der Waals surface area contributed by atoms with Gasteiger partial charge in [-0.1, -0.05) is 22.0 Å². The van der Waals surface area contributed by atoms with Crippen LogP contribution in [0.5, 0.6) is 5.75 Å². The van der Waals surface area contributed by atoms with E-state index in [1.165, 1.54) is 0 Å². The van der Waals surface area contributed by atoms with Gasteiger partial charge in [-0.25, -0.2) is 4.98 Å². The fourth-order valence-electron chi connectivity index (χ4n) is 2.73. The maximum atomic E-state index is 12.4. The zero-order chi connectivity index (χ0) is 19.0. The highest BCUT2D eigenvalue weighted by atomic mass is 79.9. The number of anilines is 1. The molecule has 0 aliphatic carbocycles. The van der Waals surface area contributed by atoms with E-state index in [1.807, 2.05) is 0 Å². The molecule has 8 nitrogen and oxygen atoms in total. The molecule has 2 aromatic carbocycles. The number of nitrogens with zero attached hydrogens (tertiary/aromatic N) is 1. The molecule has 3 aromatic rings. The van der Waals surface area contributed by atoms with Crippen molar-refractivity contribution in [1.29, 1.82) is 0 Å². The van der Waals surface area contributed by atoms with Crippen molar-refractivity contribution in [3.63, 3.8) is 0 Å². The number of benzene rings is 2. The molecule has 0 spiro atoms. The monoisotopic (exact) mass is 428 g/mol. The number of carbonyl (C=O) groups excluding carboxylic acids is 2. The van der Waals surface area contributed by atoms with E-state index in [1.54, 1.807) is 36.4 Å². The maximum absolute atomic E-state index is 12.4. The normalized spacial score (nSPS) is 12.9. The molecule has 0 saturated heterocycles. The summed E-state index contributed by atoms with van der Waals surface area (Å²) in [6.45, 7) is 0.183. The summed E-state index contributed by atoms with van der Waals surface area (Å²) < 4.78 is 6.06. The molecule has 0 atom stereocenters. The molecule has 0 bridgehead atoms. The Balaban J connectivity index is 1.53. The SMILES string of the molecule is O=C1COc2ccc(CNC(=O)c3nc4cc(Br)ccc4c(=O)[nH]3)cc2N1. The summed E-state index contributed by atoms with van der Waals surface area (Å²) in [6.07, 6.45) is 0. The van der Waals surface area contributed by atoms with E-state index >= 15 is 0 Å². The molecule has 3 N–H and O–H groups in total. The van der Waals surface area contributed by atoms with E-state index in [2.05, 4.69) is 36.5 Å². The number of aromatic amines is 1. The highest BCUT2D eigenvalue weighted by Crippen LogP contribution is 2.28. The highest BCUT2D eigenvalue weighted by Gasteiger charge is 2.16. The second-order valence-electron chi connectivity index (χ2n) is 5.93. The number of hydrogen-bond acceptors (Lipinski definition) is 5. The Morgan fingerprint density at radius 3 is 2.93 bits per heavy atom. The number of aromatic nitrogens is 2. The van der Waals surface area contributed by atoms with Gasteiger partial charge in [0.2, 0.25) is 0 Å². The minimum absolute atomic E-state index is 0.0137. The number of ether oxygens (including phenoxy) is 1. The molecular weight excluding hydrogens is 416 g/mol. The third-order valence-electron chi connectivity index (χ3n) is 4.01. The van der Waals surface area contributed by atoms with Gasteiger partial charge in [-0.2, -0.15) is 0 Å². The Bertz CT molecular complexity index is 1140. The van der Waals surface area contributed by atoms with Crippen LogP contribution in [-0.2, 0) is 11.3 Å². The van der Waals surface area contributed by atoms with Crippen LogP contribution >= 0.6 is 15.9 Å². The lowest BCUT2D eigenvalue weighted by Crippen LogP contribution is -2.28. The zero-order valence-corrected chi connectivity index (χ0v) is 15.4. The zero-order valence-electron chi connectivity index (χ0n) is 13.8. The lowest BCUT2D eigenvalue weighted by molar-refractivity contribution is -0.118. The molecular formula is C18H13BrN4O4. The number of halogens is 1. The maximum Gasteiger partial charge on any atom is 0.287 e. The fourth-order valence-corrected chi connectivity index (χ4v) is 3.08. The molecule has 2 amide bonds. The standard InChI is InChI=1S/C18H13BrN4O4/c19-10-2-3-11-12(6-10)22-16(23-17(11)25)18(26)20-7-9-1-4-14-13(5-9)21-15(24)8-27-14/h1-6H,7-8H2,(H,20,26)(H,21,24)(H,22,23,25). The van der Waals surface area contributed by atoms with E-state index in [9.17, 15) is 14.4 Å². The van der Waals surface area contributed by atoms with Crippen molar-refractivity contribution in [2.75, 3.05) is 11.9 Å². The van der Waals surface area contributed by atoms with Gasteiger partial charge in [-0.15, -0.1) is 0 Å². The van der Waals surface area contributed by atoms with Crippen molar-refractivity contribution in [3.05, 3.63) is 62.6 Å². The molecule has 27 heavy (non-hydrogen) atoms. The summed E-state index contributed by atoms with van der Waals surface area (Å²) >= 11 is 3.32. The average molecular weight is 429 g/mol. The van der Waals surface area contributed by atoms with Crippen LogP contribution in [-0.4, -0.2) is 28.4 Å². The summed E-state index contributed by atoms with van der Waals surface area (Å²) in [5.41, 5.74) is 1.36. The van der Waals surface area contributed by atoms with Gasteiger partial charge in [0.25, 0.3) is 17.4 Å². The number of H-pyrrole nitrogens is 1. The quantitative estimate of drug-likeness (QED) is 0.589. The minimum Gasteiger partial charge on any atom is -0.482 e. The van der Waals surface area contributed by atoms with Crippen LogP contribution in [0.15, 0.2) is 45.7 Å². The van der Waals surface area contributed by atoms with Gasteiger partial charge in [0.1, 0.15) is 5.75 Å². The van der Waals surface area contributed by atoms with Crippen molar-refractivity contribution < 1.29 is 14.3 Å². The van der Waals surface area contributed by atoms with Crippen molar-refractivity contribution >= 4 is 44.3 Å². The Hall–Kier alpha value is -3.20. The summed E-state index contributed by atoms with van der Waals surface area (Å²) in [5.74, 6) is -0.226. The number of nitrogens with one attached hydrogen (secondary N) is 3. The number of fused-ring (bicyclic) bond motifs is 2. The lowest BCUT2D eigenvalue weighted by atomic mass is 10.1. The molecule has 1 aliphatic heterocycles. The van der Waals surface area contributed by atoms with Crippen molar-refractivity contribution in [2.45, 2.75) is 6.54 Å². The Morgan fingerprint density at radius 1 is 1.22 bits per heavy atom. The van der Waals surface area contributed by atoms with Gasteiger partial charge >= 0.3 is 0 Å². The Morgan fingerprint density at radius 2 is 2.07 bits per heavy atom. The third kappa shape index (κ3) is 3.54. The molecule has 9 heteroatoms. The van der Waals surface area contributed by atoms with Gasteiger partial charge in [0, 0.05) is 11.0 Å². The predicted molar refractivity (Wildman–Crippen MR) is 102 cm³/mol. The summed E-state index contributed by atoms with van der Waals surface area (Å²) in [5, 5.41) is 5.82. The van der Waals surface area contributed by atoms with Crippen LogP contribution in [0.2, 0.25) is 0 Å². The van der Waals surface area contributed by atoms with E-state index in [0.717, 1.165) is 10.0 Å². The van der Waals surface area contributed by atoms with Crippen molar-refractivity contribution in [1.82, 2.24) is 15.3 Å². The molecule has 0 saturated carbocycles. The van der Waals surface area contributed by atoms with Crippen LogP contribution < -0.4 is 20.9 Å². The van der Waals surface area contributed by atoms with Gasteiger partial charge in [0.15, 0.2) is 12.4 Å². The first-order chi connectivity index (χ1) is 13.0. The number of carbonyl (C=O) groups is 2. The van der Waals surface area contributed by atoms with E-state index in [0.29, 0.717) is 22.3 Å². The second-order valence-corrected chi connectivity index (χ2v) is 6.84. The van der Waals surface area contributed by atoms with Gasteiger partial charge in [-0.05, 0) is 35.9 Å². The molecule has 1 aliphatic rings. The molecule has 4 rings (SSSR count). The van der Waals surface area contributed by atoms with E-state index < -0.39 is 5.91 Å². The molecule has 0 unspecified atom stereocenters. The van der Waals surface area contributed by atoms with Crippen molar-refractivity contribution in [3.8, 4) is 5.75 Å². The topological polar surface area (TPSA) is 113 Å². The van der Waals surface area contributed by atoms with Gasteiger partial charge < -0.3 is 20.4 Å². The van der Waals surface area contributed by atoms with Crippen LogP contribution in [0, 0.1) is 0 Å². The first kappa shape index (κ1) is 17.2. The summed E-state index contributed by atoms with van der Waals surface area (Å²) in [7, 11) is 0. The highest BCUT2D eigenvalue weighted by molar-refractivity contribution is 9.10. The second kappa shape index (κ2) is 6.84. The van der Waals surface area contributed by atoms with E-state index in [4.69, 9.17) is 4.74 Å². The van der Waals surface area contributed by atoms with Crippen LogP contribution in [0.25, 0.3) is 10.9 Å². The molecule has 1 aromatic heterocycles. The number of hydrogen-bond donors (Lipinski definition) is 3. The Kier molecular flexibility index (Phi) is 4.36. The minimum atomic E-state index is -0.507. The van der Waals surface area contributed by atoms with Gasteiger partial charge in [0.05, 0.1) is 16.6 Å². The van der Waals surface area contributed by atoms with E-state index in [-0.39, 0.29) is 30.4 Å². The molecule has 0 fully saturated rings. The predicted octanol–water partition coefficient (Wildman–Crippen LogP) is 1.95. The Labute approximate surface area is 161 Å². The third-order valence-corrected chi connectivity index (χ3v) is 4.51. The molecule has 2 heterocycles. The summed E-state index contributed by atoms with van der Waals surface area (Å²) in [6, 6.07) is 10.3. The van der Waals surface area contributed by atoms with Crippen LogP contribution in [0.4, 0.5) is 5.69 Å². The number of amides is 2. The fraction of sp³-hybridized carbons (Fsp3) is 0.111.